The molecule has 1 rings (SSSR count). The first-order chi connectivity index (χ1) is 6.11. The van der Waals surface area contributed by atoms with E-state index in [1.165, 1.54) is 12.8 Å². The topological polar surface area (TPSA) is 40.5 Å². The van der Waals surface area contributed by atoms with Crippen LogP contribution in [0.15, 0.2) is 11.6 Å². The molecular weight excluding hydrogens is 166 g/mol. The van der Waals surface area contributed by atoms with Gasteiger partial charge in [0.1, 0.15) is 0 Å². The molecule has 74 valence electrons. The fraction of sp³-hybridized carbons (Fsp3) is 0.700. The van der Waals surface area contributed by atoms with E-state index in [9.17, 15) is 4.79 Å². The minimum absolute atomic E-state index is 0.263. The summed E-state index contributed by atoms with van der Waals surface area (Å²) in [7, 11) is 0. The van der Waals surface area contributed by atoms with Crippen molar-refractivity contribution in [1.82, 2.24) is 4.90 Å². The first kappa shape index (κ1) is 10.3. The van der Waals surface area contributed by atoms with Crippen LogP contribution < -0.4 is 0 Å². The van der Waals surface area contributed by atoms with E-state index in [4.69, 9.17) is 5.11 Å². The lowest BCUT2D eigenvalue weighted by Gasteiger charge is -2.20. The monoisotopic (exact) mass is 183 g/mol. The van der Waals surface area contributed by atoms with Crippen LogP contribution in [0.3, 0.4) is 0 Å². The van der Waals surface area contributed by atoms with E-state index in [1.807, 2.05) is 6.08 Å². The molecule has 0 bridgehead atoms. The minimum atomic E-state index is -0.814. The summed E-state index contributed by atoms with van der Waals surface area (Å²) in [5.41, 5.74) is 0.444. The summed E-state index contributed by atoms with van der Waals surface area (Å²) in [6, 6.07) is 0.263. The van der Waals surface area contributed by atoms with E-state index < -0.39 is 5.97 Å². The molecule has 0 radical (unpaired) electrons. The Morgan fingerprint density at radius 3 is 2.46 bits per heavy atom. The zero-order valence-corrected chi connectivity index (χ0v) is 8.29. The molecule has 1 heterocycles. The van der Waals surface area contributed by atoms with Crippen LogP contribution in [0.4, 0.5) is 0 Å². The van der Waals surface area contributed by atoms with Crippen LogP contribution in [0.2, 0.25) is 0 Å². The van der Waals surface area contributed by atoms with Crippen LogP contribution >= 0.6 is 0 Å². The fourth-order valence-corrected chi connectivity index (χ4v) is 1.69. The van der Waals surface area contributed by atoms with E-state index in [1.54, 1.807) is 6.92 Å². The van der Waals surface area contributed by atoms with Crippen molar-refractivity contribution in [1.29, 1.82) is 0 Å². The Labute approximate surface area is 79.0 Å². The van der Waals surface area contributed by atoms with Crippen molar-refractivity contribution in [2.45, 2.75) is 32.7 Å². The van der Waals surface area contributed by atoms with Gasteiger partial charge in [0, 0.05) is 11.6 Å². The zero-order valence-electron chi connectivity index (χ0n) is 8.29. The van der Waals surface area contributed by atoms with Crippen LogP contribution in [0, 0.1) is 0 Å². The molecular formula is C10H17NO2. The van der Waals surface area contributed by atoms with Gasteiger partial charge in [-0.15, -0.1) is 0 Å². The SMILES string of the molecule is CC(=CC(C)N1CCCC1)C(=O)O. The molecule has 0 amide bonds. The third kappa shape index (κ3) is 2.84. The lowest BCUT2D eigenvalue weighted by Crippen LogP contribution is -2.28. The molecule has 0 aromatic carbocycles. The second kappa shape index (κ2) is 4.42. The van der Waals surface area contributed by atoms with Gasteiger partial charge < -0.3 is 5.11 Å². The van der Waals surface area contributed by atoms with Crippen LogP contribution in [0.25, 0.3) is 0 Å². The summed E-state index contributed by atoms with van der Waals surface area (Å²) in [6.45, 7) is 5.90. The summed E-state index contributed by atoms with van der Waals surface area (Å²) >= 11 is 0. The number of rotatable bonds is 3. The Kier molecular flexibility index (Phi) is 3.48. The average Bonchev–Trinajstić information content (AvgIpc) is 2.55. The Balaban J connectivity index is 2.51. The van der Waals surface area contributed by atoms with Gasteiger partial charge in [-0.2, -0.15) is 0 Å². The van der Waals surface area contributed by atoms with Gasteiger partial charge in [0.2, 0.25) is 0 Å². The largest absolute Gasteiger partial charge is 0.478 e. The highest BCUT2D eigenvalue weighted by Gasteiger charge is 2.16. The number of nitrogens with zero attached hydrogens (tertiary/aromatic N) is 1. The molecule has 3 heteroatoms. The molecule has 0 aromatic rings. The Hall–Kier alpha value is -0.830. The van der Waals surface area contributed by atoms with E-state index in [-0.39, 0.29) is 6.04 Å². The van der Waals surface area contributed by atoms with Crippen LogP contribution in [0.1, 0.15) is 26.7 Å². The number of carboxylic acids is 1. The normalized spacial score (nSPS) is 21.8. The highest BCUT2D eigenvalue weighted by Crippen LogP contribution is 2.13. The molecule has 1 atom stereocenters. The zero-order chi connectivity index (χ0) is 9.84. The Morgan fingerprint density at radius 2 is 2.00 bits per heavy atom. The quantitative estimate of drug-likeness (QED) is 0.674. The van der Waals surface area contributed by atoms with Crippen molar-refractivity contribution in [3.05, 3.63) is 11.6 Å². The molecule has 3 nitrogen and oxygen atoms in total. The maximum Gasteiger partial charge on any atom is 0.331 e. The first-order valence-corrected chi connectivity index (χ1v) is 4.77. The maximum absolute atomic E-state index is 10.6. The molecule has 1 aliphatic rings. The number of aliphatic carboxylic acids is 1. The van der Waals surface area contributed by atoms with Crippen LogP contribution in [0.5, 0.6) is 0 Å². The van der Waals surface area contributed by atoms with Gasteiger partial charge in [0.25, 0.3) is 0 Å². The van der Waals surface area contributed by atoms with Crippen molar-refractivity contribution in [3.63, 3.8) is 0 Å². The van der Waals surface area contributed by atoms with E-state index in [0.29, 0.717) is 5.57 Å². The van der Waals surface area contributed by atoms with Gasteiger partial charge in [-0.25, -0.2) is 4.79 Å². The van der Waals surface area contributed by atoms with Gasteiger partial charge in [-0.05, 0) is 39.8 Å². The van der Waals surface area contributed by atoms with Gasteiger partial charge in [0.05, 0.1) is 0 Å². The highest BCUT2D eigenvalue weighted by molar-refractivity contribution is 5.85. The molecule has 1 aliphatic heterocycles. The third-order valence-electron chi connectivity index (χ3n) is 2.55. The summed E-state index contributed by atoms with van der Waals surface area (Å²) in [6.07, 6.45) is 4.31. The second-order valence-corrected chi connectivity index (χ2v) is 3.64. The molecule has 0 saturated carbocycles. The molecule has 1 unspecified atom stereocenters. The molecule has 1 N–H and O–H groups in total. The van der Waals surface area contributed by atoms with Gasteiger partial charge >= 0.3 is 5.97 Å². The van der Waals surface area contributed by atoms with Gasteiger partial charge in [-0.3, -0.25) is 4.90 Å². The number of carbonyl (C=O) groups is 1. The number of likely N-dealkylation sites (tertiary alicyclic amines) is 1. The molecule has 0 aromatic heterocycles. The minimum Gasteiger partial charge on any atom is -0.478 e. The van der Waals surface area contributed by atoms with Gasteiger partial charge in [-0.1, -0.05) is 6.08 Å². The fourth-order valence-electron chi connectivity index (χ4n) is 1.69. The lowest BCUT2D eigenvalue weighted by atomic mass is 10.2. The number of carboxylic acid groups (broad SMARTS) is 1. The molecule has 13 heavy (non-hydrogen) atoms. The molecule has 1 fully saturated rings. The molecule has 0 spiro atoms. The average molecular weight is 183 g/mol. The number of hydrogen-bond acceptors (Lipinski definition) is 2. The van der Waals surface area contributed by atoms with Crippen molar-refractivity contribution in [3.8, 4) is 0 Å². The summed E-state index contributed by atoms with van der Waals surface area (Å²) in [5, 5.41) is 8.69. The maximum atomic E-state index is 10.6. The van der Waals surface area contributed by atoms with E-state index >= 15 is 0 Å². The first-order valence-electron chi connectivity index (χ1n) is 4.77. The molecule has 1 saturated heterocycles. The third-order valence-corrected chi connectivity index (χ3v) is 2.55. The Morgan fingerprint density at radius 1 is 1.46 bits per heavy atom. The summed E-state index contributed by atoms with van der Waals surface area (Å²) < 4.78 is 0. The van der Waals surface area contributed by atoms with Crippen LogP contribution in [-0.4, -0.2) is 35.1 Å². The highest BCUT2D eigenvalue weighted by atomic mass is 16.4. The second-order valence-electron chi connectivity index (χ2n) is 3.64. The number of hydrogen-bond donors (Lipinski definition) is 1. The molecule has 0 aliphatic carbocycles. The smallest absolute Gasteiger partial charge is 0.331 e. The van der Waals surface area contributed by atoms with Crippen molar-refractivity contribution < 1.29 is 9.90 Å². The lowest BCUT2D eigenvalue weighted by molar-refractivity contribution is -0.132. The summed E-state index contributed by atoms with van der Waals surface area (Å²) in [5.74, 6) is -0.814. The summed E-state index contributed by atoms with van der Waals surface area (Å²) in [4.78, 5) is 12.9. The standard InChI is InChI=1S/C10H17NO2/c1-8(10(12)13)7-9(2)11-5-3-4-6-11/h7,9H,3-6H2,1-2H3,(H,12,13). The van der Waals surface area contributed by atoms with E-state index in [0.717, 1.165) is 13.1 Å². The predicted octanol–water partition coefficient (Wildman–Crippen LogP) is 1.50. The van der Waals surface area contributed by atoms with Crippen molar-refractivity contribution >= 4 is 5.97 Å². The predicted molar refractivity (Wildman–Crippen MR) is 51.7 cm³/mol. The Bertz CT molecular complexity index is 217. The van der Waals surface area contributed by atoms with Crippen molar-refractivity contribution in [2.75, 3.05) is 13.1 Å². The van der Waals surface area contributed by atoms with Gasteiger partial charge in [0.15, 0.2) is 0 Å². The van der Waals surface area contributed by atoms with E-state index in [2.05, 4.69) is 11.8 Å². The van der Waals surface area contributed by atoms with Crippen LogP contribution in [-0.2, 0) is 4.79 Å². The van der Waals surface area contributed by atoms with Crippen molar-refractivity contribution in [2.24, 2.45) is 0 Å².